The fourth-order valence-corrected chi connectivity index (χ4v) is 3.49. The van der Waals surface area contributed by atoms with Crippen LogP contribution in [0.4, 0.5) is 11.4 Å². The van der Waals surface area contributed by atoms with E-state index in [0.29, 0.717) is 10.8 Å². The number of amides is 1. The van der Waals surface area contributed by atoms with Gasteiger partial charge < -0.3 is 19.9 Å². The summed E-state index contributed by atoms with van der Waals surface area (Å²) in [6, 6.07) is 13.5. The molecule has 1 fully saturated rings. The third kappa shape index (κ3) is 5.87. The first kappa shape index (κ1) is 21.5. The van der Waals surface area contributed by atoms with Gasteiger partial charge in [-0.05, 0) is 48.4 Å². The van der Waals surface area contributed by atoms with E-state index >= 15 is 0 Å². The Labute approximate surface area is 178 Å². The van der Waals surface area contributed by atoms with Gasteiger partial charge in [-0.2, -0.15) is 0 Å². The maximum Gasteiger partial charge on any atom is 0.262 e. The summed E-state index contributed by atoms with van der Waals surface area (Å²) in [4.78, 5) is 17.1. The fraction of sp³-hybridized carbons (Fsp3) is 0.435. The SMILES string of the molecule is CN1CCN(c2ccc(Cl)cc2NC(=O)COc2cccc(C(C)(C)C)c2)CC1. The van der Waals surface area contributed by atoms with Crippen molar-refractivity contribution in [2.45, 2.75) is 26.2 Å². The van der Waals surface area contributed by atoms with Crippen LogP contribution in [-0.4, -0.2) is 50.6 Å². The molecule has 1 aliphatic rings. The van der Waals surface area contributed by atoms with E-state index in [1.54, 1.807) is 6.07 Å². The third-order valence-electron chi connectivity index (χ3n) is 5.15. The Hall–Kier alpha value is -2.24. The first-order chi connectivity index (χ1) is 13.7. The third-order valence-corrected chi connectivity index (χ3v) is 5.38. The molecule has 6 heteroatoms. The number of hydrogen-bond acceptors (Lipinski definition) is 4. The van der Waals surface area contributed by atoms with Crippen molar-refractivity contribution in [2.24, 2.45) is 0 Å². The second kappa shape index (κ2) is 9.06. The lowest BCUT2D eigenvalue weighted by Crippen LogP contribution is -2.44. The van der Waals surface area contributed by atoms with Crippen molar-refractivity contribution >= 4 is 28.9 Å². The van der Waals surface area contributed by atoms with E-state index in [0.717, 1.165) is 37.6 Å². The highest BCUT2D eigenvalue weighted by Gasteiger charge is 2.19. The van der Waals surface area contributed by atoms with Crippen LogP contribution in [0, 0.1) is 0 Å². The topological polar surface area (TPSA) is 44.8 Å². The zero-order chi connectivity index (χ0) is 21.0. The molecule has 2 aromatic rings. The highest BCUT2D eigenvalue weighted by molar-refractivity contribution is 6.31. The first-order valence-corrected chi connectivity index (χ1v) is 10.4. The second-order valence-electron chi connectivity index (χ2n) is 8.57. The number of nitrogens with one attached hydrogen (secondary N) is 1. The number of ether oxygens (including phenoxy) is 1. The van der Waals surface area contributed by atoms with E-state index in [2.05, 4.69) is 49.0 Å². The largest absolute Gasteiger partial charge is 0.484 e. The molecule has 1 aliphatic heterocycles. The quantitative estimate of drug-likeness (QED) is 0.785. The predicted molar refractivity (Wildman–Crippen MR) is 120 cm³/mol. The molecular weight excluding hydrogens is 386 g/mol. The molecule has 29 heavy (non-hydrogen) atoms. The highest BCUT2D eigenvalue weighted by Crippen LogP contribution is 2.30. The van der Waals surface area contributed by atoms with Gasteiger partial charge in [-0.15, -0.1) is 0 Å². The molecule has 0 saturated carbocycles. The average Bonchev–Trinajstić information content (AvgIpc) is 2.67. The van der Waals surface area contributed by atoms with E-state index in [9.17, 15) is 4.79 Å². The average molecular weight is 416 g/mol. The number of likely N-dealkylation sites (N-methyl/N-ethyl adjacent to an activating group) is 1. The number of benzene rings is 2. The minimum Gasteiger partial charge on any atom is -0.484 e. The van der Waals surface area contributed by atoms with Crippen molar-refractivity contribution in [3.63, 3.8) is 0 Å². The molecule has 0 radical (unpaired) electrons. The summed E-state index contributed by atoms with van der Waals surface area (Å²) in [6.45, 7) is 10.2. The molecule has 0 bridgehead atoms. The van der Waals surface area contributed by atoms with Crippen LogP contribution in [-0.2, 0) is 10.2 Å². The van der Waals surface area contributed by atoms with Gasteiger partial charge in [0.2, 0.25) is 0 Å². The Morgan fingerprint density at radius 3 is 2.52 bits per heavy atom. The maximum absolute atomic E-state index is 12.6. The van der Waals surface area contributed by atoms with Gasteiger partial charge >= 0.3 is 0 Å². The molecule has 1 heterocycles. The first-order valence-electron chi connectivity index (χ1n) is 9.98. The zero-order valence-electron chi connectivity index (χ0n) is 17.7. The lowest BCUT2D eigenvalue weighted by molar-refractivity contribution is -0.118. The molecule has 0 aromatic heterocycles. The number of carbonyl (C=O) groups excluding carboxylic acids is 1. The number of nitrogens with zero attached hydrogens (tertiary/aromatic N) is 2. The molecule has 0 atom stereocenters. The number of anilines is 2. The maximum atomic E-state index is 12.6. The lowest BCUT2D eigenvalue weighted by Gasteiger charge is -2.35. The smallest absolute Gasteiger partial charge is 0.262 e. The monoisotopic (exact) mass is 415 g/mol. The lowest BCUT2D eigenvalue weighted by atomic mass is 9.87. The predicted octanol–water partition coefficient (Wildman–Crippen LogP) is 4.41. The van der Waals surface area contributed by atoms with Gasteiger partial charge in [0.15, 0.2) is 6.61 Å². The normalized spacial score (nSPS) is 15.3. The Morgan fingerprint density at radius 2 is 1.83 bits per heavy atom. The minimum atomic E-state index is -0.205. The van der Waals surface area contributed by atoms with E-state index in [1.807, 2.05) is 30.3 Å². The molecule has 1 saturated heterocycles. The van der Waals surface area contributed by atoms with E-state index in [1.165, 1.54) is 5.56 Å². The van der Waals surface area contributed by atoms with Gasteiger partial charge in [0.1, 0.15) is 5.75 Å². The zero-order valence-corrected chi connectivity index (χ0v) is 18.4. The van der Waals surface area contributed by atoms with Gasteiger partial charge in [-0.1, -0.05) is 44.5 Å². The van der Waals surface area contributed by atoms with Gasteiger partial charge in [-0.3, -0.25) is 4.79 Å². The molecule has 2 aromatic carbocycles. The summed E-state index contributed by atoms with van der Waals surface area (Å²) in [5.41, 5.74) is 2.91. The number of hydrogen-bond donors (Lipinski definition) is 1. The Morgan fingerprint density at radius 1 is 1.10 bits per heavy atom. The van der Waals surface area contributed by atoms with Crippen molar-refractivity contribution in [1.82, 2.24) is 4.90 Å². The van der Waals surface area contributed by atoms with Crippen LogP contribution in [0.2, 0.25) is 5.02 Å². The van der Waals surface area contributed by atoms with Crippen molar-refractivity contribution in [1.29, 1.82) is 0 Å². The summed E-state index contributed by atoms with van der Waals surface area (Å²) in [5, 5.41) is 3.57. The Kier molecular flexibility index (Phi) is 6.70. The van der Waals surface area contributed by atoms with Crippen molar-refractivity contribution in [3.05, 3.63) is 53.1 Å². The molecule has 1 N–H and O–H groups in total. The van der Waals surface area contributed by atoms with Gasteiger partial charge in [0, 0.05) is 31.2 Å². The van der Waals surface area contributed by atoms with Crippen LogP contribution in [0.3, 0.4) is 0 Å². The Bertz CT molecular complexity index is 855. The van der Waals surface area contributed by atoms with E-state index in [4.69, 9.17) is 16.3 Å². The van der Waals surface area contributed by atoms with Crippen LogP contribution < -0.4 is 15.0 Å². The summed E-state index contributed by atoms with van der Waals surface area (Å²) < 4.78 is 5.74. The summed E-state index contributed by atoms with van der Waals surface area (Å²) >= 11 is 6.19. The summed E-state index contributed by atoms with van der Waals surface area (Å²) in [5.74, 6) is 0.488. The van der Waals surface area contributed by atoms with Crippen LogP contribution in [0.25, 0.3) is 0 Å². The van der Waals surface area contributed by atoms with Gasteiger partial charge in [0.05, 0.1) is 11.4 Å². The standard InChI is InChI=1S/C23H30ClN3O2/c1-23(2,3)17-6-5-7-19(14-17)29-16-22(28)25-20-15-18(24)8-9-21(20)27-12-10-26(4)11-13-27/h5-9,14-15H,10-13,16H2,1-4H3,(H,25,28). The van der Waals surface area contributed by atoms with Crippen molar-refractivity contribution in [2.75, 3.05) is 50.1 Å². The van der Waals surface area contributed by atoms with Crippen LogP contribution in [0.5, 0.6) is 5.75 Å². The van der Waals surface area contributed by atoms with Crippen LogP contribution >= 0.6 is 11.6 Å². The summed E-state index contributed by atoms with van der Waals surface area (Å²) in [7, 11) is 2.12. The molecule has 3 rings (SSSR count). The highest BCUT2D eigenvalue weighted by atomic mass is 35.5. The molecule has 156 valence electrons. The van der Waals surface area contributed by atoms with E-state index < -0.39 is 0 Å². The molecule has 0 aliphatic carbocycles. The number of carbonyl (C=O) groups is 1. The molecule has 0 spiro atoms. The number of rotatable bonds is 5. The number of halogens is 1. The number of piperazine rings is 1. The summed E-state index contributed by atoms with van der Waals surface area (Å²) in [6.07, 6.45) is 0. The van der Waals surface area contributed by atoms with Gasteiger partial charge in [0.25, 0.3) is 5.91 Å². The second-order valence-corrected chi connectivity index (χ2v) is 9.00. The molecular formula is C23H30ClN3O2. The molecule has 0 unspecified atom stereocenters. The van der Waals surface area contributed by atoms with Crippen LogP contribution in [0.1, 0.15) is 26.3 Å². The van der Waals surface area contributed by atoms with Gasteiger partial charge in [-0.25, -0.2) is 0 Å². The minimum absolute atomic E-state index is 0.0276. The Balaban J connectivity index is 1.66. The molecule has 5 nitrogen and oxygen atoms in total. The van der Waals surface area contributed by atoms with Crippen LogP contribution in [0.15, 0.2) is 42.5 Å². The molecule has 1 amide bonds. The fourth-order valence-electron chi connectivity index (χ4n) is 3.32. The van der Waals surface area contributed by atoms with Crippen molar-refractivity contribution in [3.8, 4) is 5.75 Å². The van der Waals surface area contributed by atoms with E-state index in [-0.39, 0.29) is 17.9 Å². The van der Waals surface area contributed by atoms with Crippen molar-refractivity contribution < 1.29 is 9.53 Å².